The first kappa shape index (κ1) is 16.4. The van der Waals surface area contributed by atoms with E-state index >= 15 is 0 Å². The number of carbonyl (C=O) groups excluding carboxylic acids is 1. The number of hydrogen-bond donors (Lipinski definition) is 1. The van der Waals surface area contributed by atoms with Crippen molar-refractivity contribution in [1.82, 2.24) is 9.36 Å². The molecular formula is C12H21N3O2S2. The summed E-state index contributed by atoms with van der Waals surface area (Å²) in [5.74, 6) is 1.44. The number of nitrogens with two attached hydrogens (primary N) is 1. The third kappa shape index (κ3) is 5.46. The van der Waals surface area contributed by atoms with Crippen LogP contribution in [-0.2, 0) is 16.0 Å². The second-order valence-corrected chi connectivity index (χ2v) is 6.51. The van der Waals surface area contributed by atoms with Crippen molar-refractivity contribution in [3.8, 4) is 0 Å². The van der Waals surface area contributed by atoms with Crippen LogP contribution < -0.4 is 5.73 Å². The molecule has 0 radical (unpaired) electrons. The lowest BCUT2D eigenvalue weighted by Gasteiger charge is -2.21. The van der Waals surface area contributed by atoms with E-state index in [0.717, 1.165) is 28.8 Å². The normalized spacial score (nSPS) is 14.1. The fourth-order valence-corrected chi connectivity index (χ4v) is 3.14. The minimum Gasteiger partial charge on any atom is -0.465 e. The average Bonchev–Trinajstić information content (AvgIpc) is 2.83. The number of carbonyl (C=O) groups is 1. The van der Waals surface area contributed by atoms with E-state index in [9.17, 15) is 4.79 Å². The first-order chi connectivity index (χ1) is 8.99. The van der Waals surface area contributed by atoms with E-state index in [4.69, 9.17) is 10.5 Å². The third-order valence-corrected chi connectivity index (χ3v) is 4.53. The fraction of sp³-hybridized carbons (Fsp3) is 0.750. The predicted octanol–water partition coefficient (Wildman–Crippen LogP) is 2.25. The lowest BCUT2D eigenvalue weighted by molar-refractivity contribution is -0.149. The minimum absolute atomic E-state index is 0.329. The Morgan fingerprint density at radius 3 is 2.84 bits per heavy atom. The summed E-state index contributed by atoms with van der Waals surface area (Å²) in [4.78, 5) is 16.0. The van der Waals surface area contributed by atoms with Gasteiger partial charge in [0.05, 0.1) is 6.61 Å². The summed E-state index contributed by atoms with van der Waals surface area (Å²) in [6, 6.07) is 0. The molecule has 0 fully saturated rings. The van der Waals surface area contributed by atoms with Crippen LogP contribution in [0.4, 0.5) is 0 Å². The third-order valence-electron chi connectivity index (χ3n) is 2.57. The number of aromatic nitrogens is 2. The van der Waals surface area contributed by atoms with Crippen molar-refractivity contribution >= 4 is 29.3 Å². The molecular weight excluding hydrogens is 282 g/mol. The van der Waals surface area contributed by atoms with Crippen molar-refractivity contribution in [2.24, 2.45) is 5.73 Å². The van der Waals surface area contributed by atoms with Crippen LogP contribution in [0.3, 0.4) is 0 Å². The zero-order valence-electron chi connectivity index (χ0n) is 11.6. The van der Waals surface area contributed by atoms with E-state index in [1.165, 1.54) is 11.5 Å². The standard InChI is InChI=1S/C12H21N3O2S2/c1-4-9-14-11(19-15-9)18-8-6-7-12(3,13)10(16)17-5-2/h4-8,13H2,1-3H3. The van der Waals surface area contributed by atoms with E-state index in [0.29, 0.717) is 13.0 Å². The molecule has 1 unspecified atom stereocenters. The molecule has 0 aliphatic rings. The smallest absolute Gasteiger partial charge is 0.325 e. The summed E-state index contributed by atoms with van der Waals surface area (Å²) >= 11 is 3.09. The summed E-state index contributed by atoms with van der Waals surface area (Å²) < 4.78 is 10.2. The van der Waals surface area contributed by atoms with Crippen molar-refractivity contribution in [3.63, 3.8) is 0 Å². The van der Waals surface area contributed by atoms with Crippen LogP contribution in [0.15, 0.2) is 4.34 Å². The highest BCUT2D eigenvalue weighted by Gasteiger charge is 2.29. The largest absolute Gasteiger partial charge is 0.465 e. The maximum absolute atomic E-state index is 11.6. The molecule has 0 saturated carbocycles. The van der Waals surface area contributed by atoms with Crippen molar-refractivity contribution < 1.29 is 9.53 Å². The van der Waals surface area contributed by atoms with Gasteiger partial charge in [0.2, 0.25) is 0 Å². The first-order valence-corrected chi connectivity index (χ1v) is 8.17. The lowest BCUT2D eigenvalue weighted by atomic mass is 9.98. The highest BCUT2D eigenvalue weighted by atomic mass is 32.2. The van der Waals surface area contributed by atoms with Gasteiger partial charge in [0.15, 0.2) is 4.34 Å². The van der Waals surface area contributed by atoms with Crippen LogP contribution >= 0.6 is 23.3 Å². The summed E-state index contributed by atoms with van der Waals surface area (Å²) in [7, 11) is 0. The van der Waals surface area contributed by atoms with E-state index in [-0.39, 0.29) is 5.97 Å². The molecule has 5 nitrogen and oxygen atoms in total. The van der Waals surface area contributed by atoms with Gasteiger partial charge in [-0.05, 0) is 38.2 Å². The number of hydrogen-bond acceptors (Lipinski definition) is 7. The van der Waals surface area contributed by atoms with Crippen molar-refractivity contribution in [2.75, 3.05) is 12.4 Å². The van der Waals surface area contributed by atoms with Crippen molar-refractivity contribution in [1.29, 1.82) is 0 Å². The summed E-state index contributed by atoms with van der Waals surface area (Å²) in [5.41, 5.74) is 5.05. The Balaban J connectivity index is 2.28. The van der Waals surface area contributed by atoms with Gasteiger partial charge in [-0.2, -0.15) is 4.37 Å². The molecule has 0 aliphatic carbocycles. The van der Waals surface area contributed by atoms with Gasteiger partial charge >= 0.3 is 5.97 Å². The Morgan fingerprint density at radius 1 is 1.53 bits per heavy atom. The maximum Gasteiger partial charge on any atom is 0.325 e. The van der Waals surface area contributed by atoms with Gasteiger partial charge in [0.25, 0.3) is 0 Å². The predicted molar refractivity (Wildman–Crippen MR) is 78.5 cm³/mol. The van der Waals surface area contributed by atoms with E-state index in [1.54, 1.807) is 25.6 Å². The lowest BCUT2D eigenvalue weighted by Crippen LogP contribution is -2.46. The van der Waals surface area contributed by atoms with Crippen LogP contribution in [0.25, 0.3) is 0 Å². The van der Waals surface area contributed by atoms with Gasteiger partial charge in [-0.25, -0.2) is 4.98 Å². The number of ether oxygens (including phenoxy) is 1. The molecule has 7 heteroatoms. The highest BCUT2D eigenvalue weighted by molar-refractivity contribution is 8.00. The molecule has 0 bridgehead atoms. The summed E-state index contributed by atoms with van der Waals surface area (Å²) in [6.45, 7) is 5.90. The Labute approximate surface area is 122 Å². The number of rotatable bonds is 8. The molecule has 1 heterocycles. The van der Waals surface area contributed by atoms with Crippen molar-refractivity contribution in [3.05, 3.63) is 5.82 Å². The Kier molecular flexibility index (Phi) is 6.74. The molecule has 19 heavy (non-hydrogen) atoms. The topological polar surface area (TPSA) is 78.1 Å². The number of nitrogens with zero attached hydrogens (tertiary/aromatic N) is 2. The zero-order valence-corrected chi connectivity index (χ0v) is 13.3. The van der Waals surface area contributed by atoms with Gasteiger partial charge in [-0.15, -0.1) is 0 Å². The summed E-state index contributed by atoms with van der Waals surface area (Å²) in [5, 5.41) is 0. The fourth-order valence-electron chi connectivity index (χ4n) is 1.44. The molecule has 1 rings (SSSR count). The molecule has 0 aromatic carbocycles. The van der Waals surface area contributed by atoms with Gasteiger partial charge in [0.1, 0.15) is 11.4 Å². The maximum atomic E-state index is 11.6. The van der Waals surface area contributed by atoms with Crippen LogP contribution in [0.1, 0.15) is 39.4 Å². The average molecular weight is 303 g/mol. The van der Waals surface area contributed by atoms with Gasteiger partial charge in [-0.3, -0.25) is 4.79 Å². The Morgan fingerprint density at radius 2 is 2.26 bits per heavy atom. The quantitative estimate of drug-likeness (QED) is 0.451. The Hall–Kier alpha value is -0.660. The monoisotopic (exact) mass is 303 g/mol. The first-order valence-electron chi connectivity index (χ1n) is 6.41. The van der Waals surface area contributed by atoms with Crippen LogP contribution in [0.2, 0.25) is 0 Å². The number of esters is 1. The molecule has 1 atom stereocenters. The van der Waals surface area contributed by atoms with Crippen LogP contribution in [0, 0.1) is 0 Å². The number of thioether (sulfide) groups is 1. The second kappa shape index (κ2) is 7.81. The molecule has 0 aliphatic heterocycles. The zero-order chi connectivity index (χ0) is 14.3. The molecule has 0 amide bonds. The molecule has 1 aromatic heterocycles. The van der Waals surface area contributed by atoms with Gasteiger partial charge < -0.3 is 10.5 Å². The van der Waals surface area contributed by atoms with E-state index < -0.39 is 5.54 Å². The molecule has 0 spiro atoms. The SMILES string of the molecule is CCOC(=O)C(C)(N)CCCSc1nc(CC)ns1. The van der Waals surface area contributed by atoms with E-state index in [1.807, 2.05) is 6.92 Å². The van der Waals surface area contributed by atoms with Crippen LogP contribution in [0.5, 0.6) is 0 Å². The van der Waals surface area contributed by atoms with E-state index in [2.05, 4.69) is 9.36 Å². The minimum atomic E-state index is -0.897. The molecule has 2 N–H and O–H groups in total. The number of aryl methyl sites for hydroxylation is 1. The molecule has 0 saturated heterocycles. The highest BCUT2D eigenvalue weighted by Crippen LogP contribution is 2.23. The van der Waals surface area contributed by atoms with Crippen LogP contribution in [-0.4, -0.2) is 33.2 Å². The Bertz CT molecular complexity index is 407. The van der Waals surface area contributed by atoms with Gasteiger partial charge in [-0.1, -0.05) is 18.7 Å². The van der Waals surface area contributed by atoms with Gasteiger partial charge in [0, 0.05) is 12.2 Å². The van der Waals surface area contributed by atoms with Crippen molar-refractivity contribution in [2.45, 2.75) is 49.9 Å². The second-order valence-electron chi connectivity index (χ2n) is 4.42. The molecule has 1 aromatic rings. The molecule has 108 valence electrons. The summed E-state index contributed by atoms with van der Waals surface area (Å²) in [6.07, 6.45) is 2.32.